The zero-order valence-electron chi connectivity index (χ0n) is 17.3. The standard InChI is InChI=1S/C25H24ClNO4/c1-16-22(25(29)31-15-14-30-19-6-3-2-4-7-19)23(17-10-12-18(26)13-11-17)24-20(27-16)8-5-9-21(24)28/h2-4,6-7,10-13,22-23H,5,8-9,14-15H2,1H3. The molecule has 0 fully saturated rings. The highest BCUT2D eigenvalue weighted by Crippen LogP contribution is 2.43. The zero-order valence-corrected chi connectivity index (χ0v) is 18.1. The molecule has 2 unspecified atom stereocenters. The van der Waals surface area contributed by atoms with E-state index in [9.17, 15) is 9.59 Å². The lowest BCUT2D eigenvalue weighted by atomic mass is 9.72. The maximum Gasteiger partial charge on any atom is 0.315 e. The first-order chi connectivity index (χ1) is 15.0. The number of aliphatic imine (C=N–C) groups is 1. The summed E-state index contributed by atoms with van der Waals surface area (Å²) < 4.78 is 11.2. The van der Waals surface area contributed by atoms with Crippen LogP contribution in [0.2, 0.25) is 5.02 Å². The van der Waals surface area contributed by atoms with Crippen molar-refractivity contribution in [3.63, 3.8) is 0 Å². The number of hydrogen-bond donors (Lipinski definition) is 0. The van der Waals surface area contributed by atoms with E-state index in [1.54, 1.807) is 12.1 Å². The first-order valence-electron chi connectivity index (χ1n) is 10.5. The first kappa shape index (κ1) is 21.3. The molecule has 6 heteroatoms. The van der Waals surface area contributed by atoms with Gasteiger partial charge in [-0.1, -0.05) is 41.9 Å². The molecule has 1 heterocycles. The third kappa shape index (κ3) is 4.72. The highest BCUT2D eigenvalue weighted by Gasteiger charge is 2.43. The van der Waals surface area contributed by atoms with Gasteiger partial charge in [-0.3, -0.25) is 14.6 Å². The molecular weight excluding hydrogens is 414 g/mol. The molecule has 0 amide bonds. The number of carbonyl (C=O) groups is 2. The predicted octanol–water partition coefficient (Wildman–Crippen LogP) is 5.14. The van der Waals surface area contributed by atoms with E-state index in [1.807, 2.05) is 49.4 Å². The Morgan fingerprint density at radius 3 is 2.55 bits per heavy atom. The molecule has 0 saturated carbocycles. The SMILES string of the molecule is CC1=NC2=C(C(=O)CCC2)C(c2ccc(Cl)cc2)C1C(=O)OCCOc1ccccc1. The highest BCUT2D eigenvalue weighted by molar-refractivity contribution is 6.30. The minimum absolute atomic E-state index is 0.0580. The summed E-state index contributed by atoms with van der Waals surface area (Å²) in [5.74, 6) is -0.695. The number of ketones is 1. The van der Waals surface area contributed by atoms with Crippen LogP contribution in [0, 0.1) is 5.92 Å². The summed E-state index contributed by atoms with van der Waals surface area (Å²) >= 11 is 6.07. The summed E-state index contributed by atoms with van der Waals surface area (Å²) in [6, 6.07) is 16.7. The minimum atomic E-state index is -0.654. The Morgan fingerprint density at radius 2 is 1.81 bits per heavy atom. The van der Waals surface area contributed by atoms with Gasteiger partial charge in [0.25, 0.3) is 0 Å². The molecule has 0 spiro atoms. The number of rotatable bonds is 6. The fourth-order valence-corrected chi connectivity index (χ4v) is 4.38. The Hall–Kier alpha value is -2.92. The lowest BCUT2D eigenvalue weighted by Gasteiger charge is -2.34. The number of benzene rings is 2. The van der Waals surface area contributed by atoms with E-state index >= 15 is 0 Å². The third-order valence-corrected chi connectivity index (χ3v) is 5.91. The Kier molecular flexibility index (Phi) is 6.52. The van der Waals surface area contributed by atoms with Gasteiger partial charge in [0.15, 0.2) is 5.78 Å². The van der Waals surface area contributed by atoms with Crippen molar-refractivity contribution in [2.24, 2.45) is 10.9 Å². The van der Waals surface area contributed by atoms with Crippen molar-refractivity contribution in [1.29, 1.82) is 0 Å². The summed E-state index contributed by atoms with van der Waals surface area (Å²) in [5.41, 5.74) is 2.97. The average molecular weight is 438 g/mol. The summed E-state index contributed by atoms with van der Waals surface area (Å²) in [6.07, 6.45) is 2.01. The van der Waals surface area contributed by atoms with Gasteiger partial charge in [0, 0.05) is 34.3 Å². The van der Waals surface area contributed by atoms with Crippen molar-refractivity contribution in [1.82, 2.24) is 0 Å². The van der Waals surface area contributed by atoms with Crippen LogP contribution in [0.25, 0.3) is 0 Å². The zero-order chi connectivity index (χ0) is 21.8. The van der Waals surface area contributed by atoms with Crippen LogP contribution < -0.4 is 4.74 Å². The summed E-state index contributed by atoms with van der Waals surface area (Å²) in [4.78, 5) is 30.6. The molecule has 0 radical (unpaired) electrons. The number of hydrogen-bond acceptors (Lipinski definition) is 5. The Bertz CT molecular complexity index is 1030. The number of Topliss-reactive ketones (excluding diaryl/α,β-unsaturated/α-hetero) is 1. The average Bonchev–Trinajstić information content (AvgIpc) is 2.77. The van der Waals surface area contributed by atoms with Crippen LogP contribution in [0.15, 0.2) is 70.9 Å². The lowest BCUT2D eigenvalue weighted by molar-refractivity contribution is -0.147. The fourth-order valence-electron chi connectivity index (χ4n) is 4.25. The number of esters is 1. The van der Waals surface area contributed by atoms with Gasteiger partial charge in [0.2, 0.25) is 0 Å². The molecule has 31 heavy (non-hydrogen) atoms. The second-order valence-corrected chi connectivity index (χ2v) is 8.16. The molecule has 2 atom stereocenters. The molecule has 0 saturated heterocycles. The van der Waals surface area contributed by atoms with Gasteiger partial charge in [-0.15, -0.1) is 0 Å². The van der Waals surface area contributed by atoms with Crippen LogP contribution in [-0.4, -0.2) is 30.7 Å². The predicted molar refractivity (Wildman–Crippen MR) is 120 cm³/mol. The van der Waals surface area contributed by atoms with Crippen molar-refractivity contribution in [2.75, 3.05) is 13.2 Å². The maximum atomic E-state index is 13.1. The molecule has 2 aromatic carbocycles. The number of allylic oxidation sites excluding steroid dienone is 2. The topological polar surface area (TPSA) is 65.0 Å². The smallest absolute Gasteiger partial charge is 0.315 e. The monoisotopic (exact) mass is 437 g/mol. The second-order valence-electron chi connectivity index (χ2n) is 7.73. The van der Waals surface area contributed by atoms with Gasteiger partial charge in [-0.25, -0.2) is 0 Å². The molecule has 0 N–H and O–H groups in total. The second kappa shape index (κ2) is 9.48. The minimum Gasteiger partial charge on any atom is -0.490 e. The summed E-state index contributed by atoms with van der Waals surface area (Å²) in [6.45, 7) is 2.19. The molecule has 160 valence electrons. The van der Waals surface area contributed by atoms with Crippen LogP contribution in [0.4, 0.5) is 0 Å². The Morgan fingerprint density at radius 1 is 1.06 bits per heavy atom. The number of carbonyl (C=O) groups excluding carboxylic acids is 2. The van der Waals surface area contributed by atoms with E-state index in [0.29, 0.717) is 22.7 Å². The number of para-hydroxylation sites is 1. The van der Waals surface area contributed by atoms with Crippen LogP contribution in [0.5, 0.6) is 5.75 Å². The Balaban J connectivity index is 1.54. The van der Waals surface area contributed by atoms with Crippen molar-refractivity contribution >= 4 is 29.1 Å². The van der Waals surface area contributed by atoms with E-state index in [0.717, 1.165) is 29.9 Å². The van der Waals surface area contributed by atoms with Gasteiger partial charge < -0.3 is 9.47 Å². The van der Waals surface area contributed by atoms with E-state index in [4.69, 9.17) is 21.1 Å². The van der Waals surface area contributed by atoms with Gasteiger partial charge in [-0.05, 0) is 49.6 Å². The van der Waals surface area contributed by atoms with Gasteiger partial charge in [0.1, 0.15) is 24.9 Å². The van der Waals surface area contributed by atoms with Gasteiger partial charge in [0.05, 0.1) is 0 Å². The lowest BCUT2D eigenvalue weighted by Crippen LogP contribution is -2.37. The van der Waals surface area contributed by atoms with Crippen LogP contribution in [0.3, 0.4) is 0 Å². The molecule has 0 aromatic heterocycles. The Labute approximate surface area is 186 Å². The molecule has 1 aliphatic heterocycles. The molecule has 0 bridgehead atoms. The van der Waals surface area contributed by atoms with Crippen molar-refractivity contribution < 1.29 is 19.1 Å². The molecule has 1 aliphatic carbocycles. The van der Waals surface area contributed by atoms with Crippen LogP contribution in [-0.2, 0) is 14.3 Å². The highest BCUT2D eigenvalue weighted by atomic mass is 35.5. The van der Waals surface area contributed by atoms with Gasteiger partial charge in [-0.2, -0.15) is 0 Å². The molecule has 2 aromatic rings. The fraction of sp³-hybridized carbons (Fsp3) is 0.320. The van der Waals surface area contributed by atoms with Gasteiger partial charge >= 0.3 is 5.97 Å². The van der Waals surface area contributed by atoms with Crippen molar-refractivity contribution in [3.05, 3.63) is 76.5 Å². The van der Waals surface area contributed by atoms with Crippen LogP contribution >= 0.6 is 11.6 Å². The molecule has 5 nitrogen and oxygen atoms in total. The van der Waals surface area contributed by atoms with E-state index in [1.165, 1.54) is 0 Å². The van der Waals surface area contributed by atoms with E-state index in [-0.39, 0.29) is 19.0 Å². The quantitative estimate of drug-likeness (QED) is 0.463. The summed E-state index contributed by atoms with van der Waals surface area (Å²) in [7, 11) is 0. The maximum absolute atomic E-state index is 13.1. The van der Waals surface area contributed by atoms with Crippen LogP contribution in [0.1, 0.15) is 37.7 Å². The molecular formula is C25H24ClNO4. The van der Waals surface area contributed by atoms with Crippen molar-refractivity contribution in [2.45, 2.75) is 32.1 Å². The van der Waals surface area contributed by atoms with E-state index < -0.39 is 17.8 Å². The first-order valence-corrected chi connectivity index (χ1v) is 10.8. The third-order valence-electron chi connectivity index (χ3n) is 5.66. The molecule has 4 rings (SSSR count). The van der Waals surface area contributed by atoms with E-state index in [2.05, 4.69) is 4.99 Å². The largest absolute Gasteiger partial charge is 0.490 e. The summed E-state index contributed by atoms with van der Waals surface area (Å²) in [5, 5.41) is 0.603. The number of halogens is 1. The van der Waals surface area contributed by atoms with Crippen molar-refractivity contribution in [3.8, 4) is 5.75 Å². The number of nitrogens with zero attached hydrogens (tertiary/aromatic N) is 1. The molecule has 2 aliphatic rings. The normalized spacial score (nSPS) is 20.7. The number of ether oxygens (including phenoxy) is 2.